The summed E-state index contributed by atoms with van der Waals surface area (Å²) in [5.41, 5.74) is 1.38. The van der Waals surface area contributed by atoms with Crippen molar-refractivity contribution in [3.05, 3.63) is 46.9 Å². The summed E-state index contributed by atoms with van der Waals surface area (Å²) >= 11 is 5.66. The number of hydrogen-bond acceptors (Lipinski definition) is 2. The minimum Gasteiger partial charge on any atom is -0.223 e. The SMILES string of the molecule is CCCc1cc(F)ccc1-c1nc(Cl)ncc1F. The van der Waals surface area contributed by atoms with Crippen LogP contribution in [0, 0.1) is 11.6 Å². The Labute approximate surface area is 109 Å². The van der Waals surface area contributed by atoms with E-state index in [1.807, 2.05) is 6.92 Å². The second-order valence-electron chi connectivity index (χ2n) is 3.89. The zero-order valence-electron chi connectivity index (χ0n) is 9.75. The zero-order chi connectivity index (χ0) is 13.1. The quantitative estimate of drug-likeness (QED) is 0.786. The molecule has 0 aliphatic carbocycles. The van der Waals surface area contributed by atoms with E-state index in [4.69, 9.17) is 11.6 Å². The molecule has 0 aliphatic heterocycles. The standard InChI is InChI=1S/C13H11ClF2N2/c1-2-3-8-6-9(15)4-5-10(8)12-11(16)7-17-13(14)18-12/h4-7H,2-3H2,1H3. The maximum Gasteiger partial charge on any atom is 0.223 e. The van der Waals surface area contributed by atoms with E-state index in [9.17, 15) is 8.78 Å². The molecule has 2 nitrogen and oxygen atoms in total. The molecular weight excluding hydrogens is 258 g/mol. The van der Waals surface area contributed by atoms with Crippen LogP contribution < -0.4 is 0 Å². The normalized spacial score (nSPS) is 10.7. The van der Waals surface area contributed by atoms with E-state index in [-0.39, 0.29) is 16.8 Å². The molecule has 0 fully saturated rings. The van der Waals surface area contributed by atoms with Crippen LogP contribution in [0.25, 0.3) is 11.3 Å². The lowest BCUT2D eigenvalue weighted by Crippen LogP contribution is -1.97. The van der Waals surface area contributed by atoms with Crippen LogP contribution in [0.1, 0.15) is 18.9 Å². The van der Waals surface area contributed by atoms with Crippen LogP contribution in [-0.2, 0) is 6.42 Å². The molecule has 0 radical (unpaired) electrons. The van der Waals surface area contributed by atoms with Crippen LogP contribution in [0.15, 0.2) is 24.4 Å². The Hall–Kier alpha value is -1.55. The molecule has 0 spiro atoms. The Kier molecular flexibility index (Phi) is 3.87. The predicted octanol–water partition coefficient (Wildman–Crippen LogP) is 4.03. The van der Waals surface area contributed by atoms with Gasteiger partial charge in [0.2, 0.25) is 5.28 Å². The Morgan fingerprint density at radius 3 is 2.78 bits per heavy atom. The van der Waals surface area contributed by atoms with Gasteiger partial charge in [-0.15, -0.1) is 0 Å². The smallest absolute Gasteiger partial charge is 0.223 e. The van der Waals surface area contributed by atoms with Gasteiger partial charge in [0.15, 0.2) is 5.82 Å². The second kappa shape index (κ2) is 5.40. The highest BCUT2D eigenvalue weighted by Crippen LogP contribution is 2.26. The van der Waals surface area contributed by atoms with Crippen molar-refractivity contribution in [2.75, 3.05) is 0 Å². The summed E-state index contributed by atoms with van der Waals surface area (Å²) in [5, 5.41) is -0.0295. The molecule has 0 unspecified atom stereocenters. The fourth-order valence-corrected chi connectivity index (χ4v) is 1.94. The highest BCUT2D eigenvalue weighted by atomic mass is 35.5. The summed E-state index contributed by atoms with van der Waals surface area (Å²) in [4.78, 5) is 7.44. The summed E-state index contributed by atoms with van der Waals surface area (Å²) in [5.74, 6) is -0.911. The number of hydrogen-bond donors (Lipinski definition) is 0. The van der Waals surface area contributed by atoms with Gasteiger partial charge >= 0.3 is 0 Å². The van der Waals surface area contributed by atoms with Crippen LogP contribution in [0.4, 0.5) is 8.78 Å². The fraction of sp³-hybridized carbons (Fsp3) is 0.231. The first-order valence-electron chi connectivity index (χ1n) is 5.58. The number of rotatable bonds is 3. The molecule has 2 rings (SSSR count). The third kappa shape index (κ3) is 2.64. The van der Waals surface area contributed by atoms with E-state index in [2.05, 4.69) is 9.97 Å². The first-order valence-corrected chi connectivity index (χ1v) is 5.96. The summed E-state index contributed by atoms with van der Waals surface area (Å²) in [6.07, 6.45) is 2.49. The number of halogens is 3. The van der Waals surface area contributed by atoms with Gasteiger partial charge in [0.1, 0.15) is 11.5 Å². The lowest BCUT2D eigenvalue weighted by Gasteiger charge is -2.09. The van der Waals surface area contributed by atoms with Gasteiger partial charge in [0, 0.05) is 5.56 Å². The number of nitrogens with zero attached hydrogens (tertiary/aromatic N) is 2. The molecule has 0 bridgehead atoms. The Balaban J connectivity index is 2.58. The van der Waals surface area contributed by atoms with Crippen LogP contribution in [0.5, 0.6) is 0 Å². The Bertz CT molecular complexity index is 573. The molecule has 0 aliphatic rings. The van der Waals surface area contributed by atoms with E-state index in [0.29, 0.717) is 17.5 Å². The maximum absolute atomic E-state index is 13.7. The minimum absolute atomic E-state index is 0.0295. The molecular formula is C13H11ClF2N2. The van der Waals surface area contributed by atoms with E-state index in [0.717, 1.165) is 12.6 Å². The van der Waals surface area contributed by atoms with Gasteiger partial charge in [0.25, 0.3) is 0 Å². The predicted molar refractivity (Wildman–Crippen MR) is 66.4 cm³/mol. The van der Waals surface area contributed by atoms with Gasteiger partial charge in [-0.2, -0.15) is 0 Å². The van der Waals surface area contributed by atoms with Crippen molar-refractivity contribution >= 4 is 11.6 Å². The van der Waals surface area contributed by atoms with Crippen LogP contribution in [0.3, 0.4) is 0 Å². The number of aromatic nitrogens is 2. The van der Waals surface area contributed by atoms with Crippen molar-refractivity contribution in [2.45, 2.75) is 19.8 Å². The van der Waals surface area contributed by atoms with E-state index in [1.165, 1.54) is 18.2 Å². The Morgan fingerprint density at radius 1 is 1.28 bits per heavy atom. The zero-order valence-corrected chi connectivity index (χ0v) is 10.5. The maximum atomic E-state index is 13.7. The third-order valence-electron chi connectivity index (χ3n) is 2.56. The summed E-state index contributed by atoms with van der Waals surface area (Å²) < 4.78 is 26.9. The summed E-state index contributed by atoms with van der Waals surface area (Å²) in [6, 6.07) is 4.19. The first kappa shape index (κ1) is 12.9. The average molecular weight is 269 g/mol. The monoisotopic (exact) mass is 268 g/mol. The summed E-state index contributed by atoms with van der Waals surface area (Å²) in [6.45, 7) is 1.97. The molecule has 0 N–H and O–H groups in total. The van der Waals surface area contributed by atoms with E-state index >= 15 is 0 Å². The van der Waals surface area contributed by atoms with Gasteiger partial charge in [-0.3, -0.25) is 0 Å². The molecule has 5 heteroatoms. The molecule has 0 amide bonds. The molecule has 2 aromatic rings. The topological polar surface area (TPSA) is 25.8 Å². The molecule has 0 saturated heterocycles. The van der Waals surface area contributed by atoms with Gasteiger partial charge in [-0.1, -0.05) is 13.3 Å². The van der Waals surface area contributed by atoms with E-state index < -0.39 is 5.82 Å². The first-order chi connectivity index (χ1) is 8.61. The third-order valence-corrected chi connectivity index (χ3v) is 2.74. The van der Waals surface area contributed by atoms with Crippen LogP contribution >= 0.6 is 11.6 Å². The fourth-order valence-electron chi connectivity index (χ4n) is 1.80. The molecule has 0 saturated carbocycles. The summed E-state index contributed by atoms with van der Waals surface area (Å²) in [7, 11) is 0. The van der Waals surface area contributed by atoms with Gasteiger partial charge in [0.05, 0.1) is 6.20 Å². The minimum atomic E-state index is -0.566. The van der Waals surface area contributed by atoms with Gasteiger partial charge in [-0.25, -0.2) is 18.7 Å². The van der Waals surface area contributed by atoms with Crippen LogP contribution in [-0.4, -0.2) is 9.97 Å². The molecule has 94 valence electrons. The van der Waals surface area contributed by atoms with Crippen molar-refractivity contribution in [3.63, 3.8) is 0 Å². The average Bonchev–Trinajstić information content (AvgIpc) is 2.33. The number of benzene rings is 1. The molecule has 1 heterocycles. The van der Waals surface area contributed by atoms with Crippen molar-refractivity contribution in [2.24, 2.45) is 0 Å². The molecule has 1 aromatic heterocycles. The van der Waals surface area contributed by atoms with Crippen LogP contribution in [0.2, 0.25) is 5.28 Å². The largest absolute Gasteiger partial charge is 0.223 e. The van der Waals surface area contributed by atoms with Gasteiger partial charge in [-0.05, 0) is 41.8 Å². The molecule has 0 atom stereocenters. The highest BCUT2D eigenvalue weighted by molar-refractivity contribution is 6.28. The van der Waals surface area contributed by atoms with Gasteiger partial charge < -0.3 is 0 Å². The lowest BCUT2D eigenvalue weighted by molar-refractivity contribution is 0.615. The Morgan fingerprint density at radius 2 is 2.06 bits per heavy atom. The molecule has 1 aromatic carbocycles. The highest BCUT2D eigenvalue weighted by Gasteiger charge is 2.13. The number of aryl methyl sites for hydroxylation is 1. The molecule has 18 heavy (non-hydrogen) atoms. The van der Waals surface area contributed by atoms with E-state index in [1.54, 1.807) is 0 Å². The second-order valence-corrected chi connectivity index (χ2v) is 4.23. The van der Waals surface area contributed by atoms with Crippen molar-refractivity contribution in [1.82, 2.24) is 9.97 Å². The van der Waals surface area contributed by atoms with Crippen molar-refractivity contribution in [3.8, 4) is 11.3 Å². The van der Waals surface area contributed by atoms with Crippen molar-refractivity contribution in [1.29, 1.82) is 0 Å². The lowest BCUT2D eigenvalue weighted by atomic mass is 10.00. The van der Waals surface area contributed by atoms with Crippen molar-refractivity contribution < 1.29 is 8.78 Å².